The molecule has 24 heavy (non-hydrogen) atoms. The molecule has 1 saturated heterocycles. The summed E-state index contributed by atoms with van der Waals surface area (Å²) in [7, 11) is 0. The van der Waals surface area contributed by atoms with Crippen molar-refractivity contribution >= 4 is 30.3 Å². The number of aldehydes is 1. The van der Waals surface area contributed by atoms with E-state index in [-0.39, 0.29) is 18.6 Å². The van der Waals surface area contributed by atoms with Crippen LogP contribution in [0.1, 0.15) is 33.1 Å². The molecule has 1 heterocycles. The van der Waals surface area contributed by atoms with Gasteiger partial charge in [-0.05, 0) is 37.1 Å². The summed E-state index contributed by atoms with van der Waals surface area (Å²) in [5, 5.41) is 0.683. The summed E-state index contributed by atoms with van der Waals surface area (Å²) in [6.07, 6.45) is 3.50. The second-order valence-electron chi connectivity index (χ2n) is 5.97. The van der Waals surface area contributed by atoms with Crippen LogP contribution < -0.4 is 4.74 Å². The van der Waals surface area contributed by atoms with Crippen molar-refractivity contribution in [3.05, 3.63) is 29.3 Å². The molecule has 0 aromatic heterocycles. The average Bonchev–Trinajstić information content (AvgIpc) is 2.58. The third-order valence-electron chi connectivity index (χ3n) is 4.60. The van der Waals surface area contributed by atoms with Crippen molar-refractivity contribution in [1.29, 1.82) is 0 Å². The minimum atomic E-state index is -0.197. The number of halogens is 2. The molecule has 0 aliphatic carbocycles. The van der Waals surface area contributed by atoms with Gasteiger partial charge in [-0.15, -0.1) is 12.4 Å². The topological polar surface area (TPSA) is 32.8 Å². The van der Waals surface area contributed by atoms with Crippen LogP contribution in [0, 0.1) is 0 Å². The van der Waals surface area contributed by atoms with Gasteiger partial charge in [-0.25, -0.2) is 0 Å². The average molecular weight is 375 g/mol. The minimum absolute atomic E-state index is 0. The monoisotopic (exact) mass is 374 g/mol. The van der Waals surface area contributed by atoms with Crippen molar-refractivity contribution < 1.29 is 9.53 Å². The fraction of sp³-hybridized carbons (Fsp3) is 0.611. The largest absolute Gasteiger partial charge is 0.475 e. The molecule has 1 aliphatic heterocycles. The molecule has 1 atom stereocenters. The molecule has 1 aromatic rings. The summed E-state index contributed by atoms with van der Waals surface area (Å²) in [6.45, 7) is 8.43. The number of ether oxygens (including phenoxy) is 1. The van der Waals surface area contributed by atoms with Crippen LogP contribution in [0.5, 0.6) is 5.75 Å². The van der Waals surface area contributed by atoms with Crippen molar-refractivity contribution in [1.82, 2.24) is 9.80 Å². The fourth-order valence-corrected chi connectivity index (χ4v) is 3.35. The Morgan fingerprint density at radius 3 is 2.12 bits per heavy atom. The van der Waals surface area contributed by atoms with Crippen LogP contribution in [0.25, 0.3) is 0 Å². The predicted molar refractivity (Wildman–Crippen MR) is 101 cm³/mol. The smallest absolute Gasteiger partial charge is 0.159 e. The molecule has 6 heteroatoms. The van der Waals surface area contributed by atoms with Crippen LogP contribution in [-0.2, 0) is 4.79 Å². The normalized spacial score (nSPS) is 17.3. The third-order valence-corrected chi connectivity index (χ3v) is 4.85. The Labute approximate surface area is 156 Å². The molecule has 136 valence electrons. The summed E-state index contributed by atoms with van der Waals surface area (Å²) in [5.41, 5.74) is 0. The summed E-state index contributed by atoms with van der Waals surface area (Å²) in [4.78, 5) is 15.8. The second kappa shape index (κ2) is 10.9. The molecular weight excluding hydrogens is 347 g/mol. The van der Waals surface area contributed by atoms with Gasteiger partial charge in [-0.2, -0.15) is 0 Å². The first-order valence-electron chi connectivity index (χ1n) is 8.51. The van der Waals surface area contributed by atoms with Crippen LogP contribution in [0.2, 0.25) is 5.02 Å². The van der Waals surface area contributed by atoms with Gasteiger partial charge in [0.05, 0.1) is 6.42 Å². The Kier molecular flexibility index (Phi) is 9.67. The van der Waals surface area contributed by atoms with Gasteiger partial charge in [0.25, 0.3) is 0 Å². The van der Waals surface area contributed by atoms with E-state index in [4.69, 9.17) is 16.3 Å². The van der Waals surface area contributed by atoms with Gasteiger partial charge in [0.15, 0.2) is 6.23 Å². The number of hydrogen-bond donors (Lipinski definition) is 0. The van der Waals surface area contributed by atoms with Crippen LogP contribution in [0.3, 0.4) is 0 Å². The standard InChI is InChI=1S/C18H27ClN2O2.ClH/c1-3-16(4-2)20-10-12-21(13-11-20)18(9-14-22)23-17-7-5-15(19)6-8-17;/h5-8,14,16,18H,3-4,9-13H2,1-2H3;1H. The van der Waals surface area contributed by atoms with Crippen LogP contribution >= 0.6 is 24.0 Å². The maximum Gasteiger partial charge on any atom is 0.159 e. The van der Waals surface area contributed by atoms with Crippen LogP contribution in [-0.4, -0.2) is 54.5 Å². The van der Waals surface area contributed by atoms with Gasteiger partial charge >= 0.3 is 0 Å². The SMILES string of the molecule is CCC(CC)N1CCN(C(CC=O)Oc2ccc(Cl)cc2)CC1.Cl. The maximum absolute atomic E-state index is 11.0. The molecule has 0 radical (unpaired) electrons. The minimum Gasteiger partial charge on any atom is -0.475 e. The van der Waals surface area contributed by atoms with Gasteiger partial charge < -0.3 is 9.53 Å². The number of carbonyl (C=O) groups excluding carboxylic acids is 1. The Bertz CT molecular complexity index is 472. The van der Waals surface area contributed by atoms with Crippen LogP contribution in [0.15, 0.2) is 24.3 Å². The highest BCUT2D eigenvalue weighted by molar-refractivity contribution is 6.30. The molecule has 0 N–H and O–H groups in total. The summed E-state index contributed by atoms with van der Waals surface area (Å²) < 4.78 is 6.02. The zero-order chi connectivity index (χ0) is 16.7. The number of benzene rings is 1. The Balaban J connectivity index is 0.00000288. The molecule has 1 fully saturated rings. The first kappa shape index (κ1) is 21.2. The number of carbonyl (C=O) groups is 1. The van der Waals surface area contributed by atoms with Gasteiger partial charge in [0, 0.05) is 37.2 Å². The lowest BCUT2D eigenvalue weighted by atomic mass is 10.1. The Hall–Kier alpha value is -0.810. The molecular formula is C18H28Cl2N2O2. The molecule has 4 nitrogen and oxygen atoms in total. The fourth-order valence-electron chi connectivity index (χ4n) is 3.22. The molecule has 1 aliphatic rings. The first-order chi connectivity index (χ1) is 11.2. The lowest BCUT2D eigenvalue weighted by Crippen LogP contribution is -2.54. The van der Waals surface area contributed by atoms with E-state index in [9.17, 15) is 4.79 Å². The summed E-state index contributed by atoms with van der Waals surface area (Å²) in [6, 6.07) is 7.97. The van der Waals surface area contributed by atoms with Gasteiger partial charge in [-0.1, -0.05) is 25.4 Å². The quantitative estimate of drug-likeness (QED) is 0.646. The van der Waals surface area contributed by atoms with Crippen molar-refractivity contribution in [2.45, 2.75) is 45.4 Å². The molecule has 0 saturated carbocycles. The number of piperazine rings is 1. The molecule has 1 aromatic carbocycles. The Morgan fingerprint density at radius 1 is 1.08 bits per heavy atom. The first-order valence-corrected chi connectivity index (χ1v) is 8.89. The van der Waals surface area contributed by atoms with E-state index in [0.29, 0.717) is 17.5 Å². The van der Waals surface area contributed by atoms with Gasteiger partial charge in [-0.3, -0.25) is 9.80 Å². The lowest BCUT2D eigenvalue weighted by molar-refractivity contribution is -0.112. The number of nitrogens with zero attached hydrogens (tertiary/aromatic N) is 2. The highest BCUT2D eigenvalue weighted by Crippen LogP contribution is 2.20. The van der Waals surface area contributed by atoms with Gasteiger partial charge in [0.1, 0.15) is 12.0 Å². The van der Waals surface area contributed by atoms with E-state index in [1.54, 1.807) is 12.1 Å². The Morgan fingerprint density at radius 2 is 1.62 bits per heavy atom. The van der Waals surface area contributed by atoms with E-state index in [2.05, 4.69) is 23.6 Å². The molecule has 2 rings (SSSR count). The maximum atomic E-state index is 11.0. The third kappa shape index (κ3) is 5.92. The van der Waals surface area contributed by atoms with Crippen molar-refractivity contribution in [2.24, 2.45) is 0 Å². The van der Waals surface area contributed by atoms with Crippen molar-refractivity contribution in [3.63, 3.8) is 0 Å². The van der Waals surface area contributed by atoms with Crippen molar-refractivity contribution in [2.75, 3.05) is 26.2 Å². The van der Waals surface area contributed by atoms with E-state index in [1.165, 1.54) is 12.8 Å². The zero-order valence-electron chi connectivity index (χ0n) is 14.5. The van der Waals surface area contributed by atoms with E-state index in [0.717, 1.165) is 38.2 Å². The second-order valence-corrected chi connectivity index (χ2v) is 6.41. The van der Waals surface area contributed by atoms with E-state index in [1.807, 2.05) is 12.1 Å². The molecule has 0 spiro atoms. The zero-order valence-corrected chi connectivity index (χ0v) is 16.1. The van der Waals surface area contributed by atoms with Crippen molar-refractivity contribution in [3.8, 4) is 5.75 Å². The molecule has 0 bridgehead atoms. The highest BCUT2D eigenvalue weighted by atomic mass is 35.5. The molecule has 0 amide bonds. The number of hydrogen-bond acceptors (Lipinski definition) is 4. The number of rotatable bonds is 8. The highest BCUT2D eigenvalue weighted by Gasteiger charge is 2.27. The summed E-state index contributed by atoms with van der Waals surface area (Å²) in [5.74, 6) is 0.753. The van der Waals surface area contributed by atoms with E-state index >= 15 is 0 Å². The van der Waals surface area contributed by atoms with Crippen LogP contribution in [0.4, 0.5) is 0 Å². The molecule has 1 unspecified atom stereocenters. The van der Waals surface area contributed by atoms with Gasteiger partial charge in [0.2, 0.25) is 0 Å². The lowest BCUT2D eigenvalue weighted by Gasteiger charge is -2.41. The predicted octanol–water partition coefficient (Wildman–Crippen LogP) is 3.86. The van der Waals surface area contributed by atoms with E-state index < -0.39 is 0 Å². The summed E-state index contributed by atoms with van der Waals surface area (Å²) >= 11 is 5.90.